The molecule has 230 valence electrons. The summed E-state index contributed by atoms with van der Waals surface area (Å²) in [6.07, 6.45) is -12.8. The summed E-state index contributed by atoms with van der Waals surface area (Å²) < 4.78 is 93.0. The van der Waals surface area contributed by atoms with Gasteiger partial charge in [0.05, 0.1) is 24.6 Å². The Hall–Kier alpha value is -4.06. The molecular formula is C31H29F6NO5. The van der Waals surface area contributed by atoms with Crippen molar-refractivity contribution >= 4 is 17.6 Å². The monoisotopic (exact) mass is 609 g/mol. The summed E-state index contributed by atoms with van der Waals surface area (Å²) in [5.41, 5.74) is -5.55. The van der Waals surface area contributed by atoms with E-state index < -0.39 is 47.4 Å². The smallest absolute Gasteiger partial charge is 0.430 e. The molecule has 3 aromatic carbocycles. The molecule has 2 atom stereocenters. The second kappa shape index (κ2) is 12.3. The molecule has 6 nitrogen and oxygen atoms in total. The molecule has 0 radical (unpaired) electrons. The van der Waals surface area contributed by atoms with Crippen molar-refractivity contribution in [2.75, 3.05) is 18.1 Å². The highest BCUT2D eigenvalue weighted by Gasteiger charge is 2.71. The fraction of sp³-hybridized carbons (Fsp3) is 0.355. The third-order valence-corrected chi connectivity index (χ3v) is 7.31. The topological polar surface area (TPSA) is 76.1 Å². The van der Waals surface area contributed by atoms with Crippen LogP contribution in [0.25, 0.3) is 0 Å². The molecule has 1 amide bonds. The lowest BCUT2D eigenvalue weighted by Crippen LogP contribution is -2.54. The third kappa shape index (κ3) is 6.48. The average Bonchev–Trinajstić information content (AvgIpc) is 3.14. The summed E-state index contributed by atoms with van der Waals surface area (Å²) >= 11 is 0. The van der Waals surface area contributed by atoms with Crippen LogP contribution < -0.4 is 9.64 Å². The molecule has 3 aromatic rings. The number of alkyl halides is 6. The van der Waals surface area contributed by atoms with E-state index in [4.69, 9.17) is 9.47 Å². The first-order valence-corrected chi connectivity index (χ1v) is 13.5. The van der Waals surface area contributed by atoms with Crippen LogP contribution in [0.3, 0.4) is 0 Å². The molecule has 12 heteroatoms. The van der Waals surface area contributed by atoms with Crippen LogP contribution >= 0.6 is 0 Å². The number of carbonyl (C=O) groups is 2. The largest absolute Gasteiger partial charge is 0.489 e. The van der Waals surface area contributed by atoms with Crippen molar-refractivity contribution in [3.63, 3.8) is 0 Å². The number of aliphatic hydroxyl groups is 1. The maximum Gasteiger partial charge on any atom is 0.430 e. The Morgan fingerprint density at radius 2 is 1.63 bits per heavy atom. The summed E-state index contributed by atoms with van der Waals surface area (Å²) in [6, 6.07) is 17.0. The lowest BCUT2D eigenvalue weighted by atomic mass is 9.89. The highest BCUT2D eigenvalue weighted by molar-refractivity contribution is 5.98. The van der Waals surface area contributed by atoms with Crippen molar-refractivity contribution in [3.05, 3.63) is 95.1 Å². The lowest BCUT2D eigenvalue weighted by Gasteiger charge is -2.34. The number of anilines is 1. The Morgan fingerprint density at radius 3 is 2.26 bits per heavy atom. The number of fused-ring (bicyclic) bond motifs is 1. The minimum absolute atomic E-state index is 0.00408. The lowest BCUT2D eigenvalue weighted by molar-refractivity contribution is -0.376. The molecule has 0 fully saturated rings. The van der Waals surface area contributed by atoms with Crippen LogP contribution in [0.2, 0.25) is 0 Å². The van der Waals surface area contributed by atoms with Crippen molar-refractivity contribution < 1.29 is 50.5 Å². The van der Waals surface area contributed by atoms with E-state index in [1.54, 1.807) is 56.3 Å². The Balaban J connectivity index is 1.74. The summed E-state index contributed by atoms with van der Waals surface area (Å²) in [5.74, 6) is -1.50. The highest BCUT2D eigenvalue weighted by Crippen LogP contribution is 2.51. The number of hydrogen-bond donors (Lipinski definition) is 1. The van der Waals surface area contributed by atoms with Gasteiger partial charge in [-0.05, 0) is 62.1 Å². The number of rotatable bonds is 7. The molecule has 0 aliphatic carbocycles. The molecular weight excluding hydrogens is 580 g/mol. The zero-order chi connectivity index (χ0) is 31.6. The van der Waals surface area contributed by atoms with Crippen LogP contribution in [0.1, 0.15) is 53.2 Å². The van der Waals surface area contributed by atoms with Gasteiger partial charge in [0.25, 0.3) is 5.60 Å². The number of ether oxygens (including phenoxy) is 2. The van der Waals surface area contributed by atoms with Crippen molar-refractivity contribution in [3.8, 4) is 5.75 Å². The van der Waals surface area contributed by atoms with Gasteiger partial charge < -0.3 is 19.5 Å². The quantitative estimate of drug-likeness (QED) is 0.238. The van der Waals surface area contributed by atoms with Gasteiger partial charge in [0, 0.05) is 11.3 Å². The molecule has 0 unspecified atom stereocenters. The number of hydrogen-bond acceptors (Lipinski definition) is 5. The maximum absolute atomic E-state index is 13.8. The van der Waals surface area contributed by atoms with Crippen LogP contribution in [0.5, 0.6) is 5.75 Å². The Labute approximate surface area is 243 Å². The fourth-order valence-electron chi connectivity index (χ4n) is 5.00. The second-order valence-electron chi connectivity index (χ2n) is 10.2. The molecule has 1 aliphatic rings. The van der Waals surface area contributed by atoms with Crippen LogP contribution in [0, 0.1) is 0 Å². The molecule has 1 aliphatic heterocycles. The van der Waals surface area contributed by atoms with E-state index in [2.05, 4.69) is 0 Å². The fourth-order valence-corrected chi connectivity index (χ4v) is 5.00. The van der Waals surface area contributed by atoms with Crippen molar-refractivity contribution in [2.24, 2.45) is 0 Å². The summed E-state index contributed by atoms with van der Waals surface area (Å²) in [4.78, 5) is 27.3. The molecule has 4 rings (SSSR count). The molecule has 0 saturated carbocycles. The van der Waals surface area contributed by atoms with Gasteiger partial charge in [0.1, 0.15) is 11.9 Å². The first-order chi connectivity index (χ1) is 20.2. The maximum atomic E-state index is 13.8. The zero-order valence-electron chi connectivity index (χ0n) is 23.2. The molecule has 0 aromatic heterocycles. The second-order valence-corrected chi connectivity index (χ2v) is 10.2. The van der Waals surface area contributed by atoms with E-state index in [1.165, 1.54) is 17.0 Å². The zero-order valence-corrected chi connectivity index (χ0v) is 23.2. The van der Waals surface area contributed by atoms with Gasteiger partial charge in [-0.25, -0.2) is 4.79 Å². The van der Waals surface area contributed by atoms with Gasteiger partial charge in [-0.2, -0.15) is 26.3 Å². The van der Waals surface area contributed by atoms with Gasteiger partial charge in [-0.1, -0.05) is 48.5 Å². The summed E-state index contributed by atoms with van der Waals surface area (Å²) in [7, 11) is 0. The van der Waals surface area contributed by atoms with Gasteiger partial charge >= 0.3 is 18.3 Å². The van der Waals surface area contributed by atoms with Crippen LogP contribution in [0.15, 0.2) is 72.8 Å². The van der Waals surface area contributed by atoms with Gasteiger partial charge in [0.2, 0.25) is 5.91 Å². The molecule has 1 heterocycles. The molecule has 43 heavy (non-hydrogen) atoms. The average molecular weight is 610 g/mol. The van der Waals surface area contributed by atoms with Gasteiger partial charge in [0.15, 0.2) is 0 Å². The van der Waals surface area contributed by atoms with Crippen LogP contribution in [-0.2, 0) is 21.6 Å². The van der Waals surface area contributed by atoms with Crippen molar-refractivity contribution in [1.29, 1.82) is 0 Å². The third-order valence-electron chi connectivity index (χ3n) is 7.31. The molecule has 0 bridgehead atoms. The number of aryl methyl sites for hydroxylation is 1. The predicted octanol–water partition coefficient (Wildman–Crippen LogP) is 6.71. The number of benzene rings is 3. The number of amides is 1. The summed E-state index contributed by atoms with van der Waals surface area (Å²) in [5, 5.41) is 10.0. The number of esters is 1. The van der Waals surface area contributed by atoms with E-state index in [0.29, 0.717) is 17.7 Å². The number of nitrogens with zero attached hydrogens (tertiary/aromatic N) is 1. The number of carbonyl (C=O) groups excluding carboxylic acids is 2. The van der Waals surface area contributed by atoms with Crippen LogP contribution in [-0.4, -0.2) is 48.6 Å². The number of halogens is 6. The summed E-state index contributed by atoms with van der Waals surface area (Å²) in [6.45, 7) is 3.36. The predicted molar refractivity (Wildman–Crippen MR) is 145 cm³/mol. The van der Waals surface area contributed by atoms with Gasteiger partial charge in [-0.3, -0.25) is 4.79 Å². The normalized spacial score (nSPS) is 16.6. The molecule has 0 saturated heterocycles. The molecule has 0 spiro atoms. The van der Waals surface area contributed by atoms with E-state index in [9.17, 15) is 41.0 Å². The van der Waals surface area contributed by atoms with E-state index >= 15 is 0 Å². The SMILES string of the molecule is CCOC(=O)c1cccc(O[C@H]2CCc3cc(C(O)(C(F)(F)F)C(F)(F)F)ccc3N(C(=O)[C@@H](C)c3ccccc3)C2)c1. The van der Waals surface area contributed by atoms with E-state index in [0.717, 1.165) is 6.07 Å². The standard InChI is InChI=1S/C31H29F6NO5/c1-3-42-28(40)22-10-7-11-24(17-22)43-25-14-12-21-16-23(29(41,30(32,33)34)31(35,36)37)13-15-26(21)38(18-25)27(39)19(2)20-8-5-4-6-9-20/h4-11,13,15-17,19,25,41H,3,12,14,18H2,1-2H3/t19-,25-/m0/s1. The van der Waals surface area contributed by atoms with Crippen molar-refractivity contribution in [2.45, 2.75) is 56.7 Å². The molecule has 1 N–H and O–H groups in total. The Bertz CT molecular complexity index is 1440. The van der Waals surface area contributed by atoms with E-state index in [-0.39, 0.29) is 48.6 Å². The first-order valence-electron chi connectivity index (χ1n) is 13.5. The minimum Gasteiger partial charge on any atom is -0.489 e. The van der Waals surface area contributed by atoms with Crippen molar-refractivity contribution in [1.82, 2.24) is 0 Å². The van der Waals surface area contributed by atoms with E-state index in [1.807, 2.05) is 0 Å². The van der Waals surface area contributed by atoms with Gasteiger partial charge in [-0.15, -0.1) is 0 Å². The van der Waals surface area contributed by atoms with Crippen LogP contribution in [0.4, 0.5) is 32.0 Å². The highest BCUT2D eigenvalue weighted by atomic mass is 19.4. The first kappa shape index (κ1) is 31.9. The Kier molecular flexibility index (Phi) is 9.10. The minimum atomic E-state index is -6.06. The Morgan fingerprint density at radius 1 is 0.953 bits per heavy atom.